The Kier molecular flexibility index (Phi) is 2.55. The highest BCUT2D eigenvalue weighted by atomic mass is 19.1. The van der Waals surface area contributed by atoms with Gasteiger partial charge in [-0.15, -0.1) is 0 Å². The Morgan fingerprint density at radius 1 is 1.50 bits per heavy atom. The van der Waals surface area contributed by atoms with Gasteiger partial charge in [-0.05, 0) is 18.2 Å². The van der Waals surface area contributed by atoms with Crippen LogP contribution in [0.3, 0.4) is 0 Å². The van der Waals surface area contributed by atoms with Crippen LogP contribution in [0.5, 0.6) is 0 Å². The first-order valence-electron chi connectivity index (χ1n) is 4.42. The Labute approximate surface area is 90.0 Å². The molecule has 82 valence electrons. The van der Waals surface area contributed by atoms with Gasteiger partial charge in [-0.1, -0.05) is 5.16 Å². The summed E-state index contributed by atoms with van der Waals surface area (Å²) in [6.07, 6.45) is 2.62. The number of hydrogen-bond donors (Lipinski definition) is 2. The Morgan fingerprint density at radius 3 is 2.94 bits per heavy atom. The number of carbonyl (C=O) groups excluding carboxylic acids is 1. The van der Waals surface area contributed by atoms with Crippen molar-refractivity contribution in [3.05, 3.63) is 42.0 Å². The Morgan fingerprint density at radius 2 is 2.31 bits per heavy atom. The summed E-state index contributed by atoms with van der Waals surface area (Å²) >= 11 is 0. The van der Waals surface area contributed by atoms with Crippen LogP contribution in [0.1, 0.15) is 10.4 Å². The van der Waals surface area contributed by atoms with Crippen LogP contribution < -0.4 is 11.1 Å². The molecule has 0 bridgehead atoms. The lowest BCUT2D eigenvalue weighted by molar-refractivity contribution is 0.102. The molecule has 0 aliphatic rings. The van der Waals surface area contributed by atoms with Gasteiger partial charge in [0, 0.05) is 5.69 Å². The predicted molar refractivity (Wildman–Crippen MR) is 55.3 cm³/mol. The zero-order valence-electron chi connectivity index (χ0n) is 8.11. The van der Waals surface area contributed by atoms with Crippen LogP contribution in [0, 0.1) is 5.82 Å². The molecule has 0 aliphatic heterocycles. The van der Waals surface area contributed by atoms with Crippen LogP contribution in [0.2, 0.25) is 0 Å². The van der Waals surface area contributed by atoms with E-state index >= 15 is 0 Å². The second-order valence-electron chi connectivity index (χ2n) is 3.10. The van der Waals surface area contributed by atoms with E-state index in [4.69, 9.17) is 5.73 Å². The molecule has 0 atom stereocenters. The fraction of sp³-hybridized carbons (Fsp3) is 0. The van der Waals surface area contributed by atoms with Crippen LogP contribution in [0.25, 0.3) is 0 Å². The summed E-state index contributed by atoms with van der Waals surface area (Å²) in [4.78, 5) is 11.7. The van der Waals surface area contributed by atoms with Gasteiger partial charge in [-0.25, -0.2) is 4.39 Å². The minimum absolute atomic E-state index is 0.0777. The number of nitrogens with one attached hydrogen (secondary N) is 1. The number of benzene rings is 1. The molecule has 1 heterocycles. The van der Waals surface area contributed by atoms with Gasteiger partial charge in [0.2, 0.25) is 0 Å². The van der Waals surface area contributed by atoms with Gasteiger partial charge in [0.15, 0.2) is 0 Å². The number of carbonyl (C=O) groups is 1. The third-order valence-corrected chi connectivity index (χ3v) is 1.95. The van der Waals surface area contributed by atoms with Gasteiger partial charge >= 0.3 is 0 Å². The SMILES string of the molecule is Nc1cc(F)ccc1C(=O)Nc1cnoc1. The van der Waals surface area contributed by atoms with E-state index in [2.05, 4.69) is 15.0 Å². The average molecular weight is 221 g/mol. The van der Waals surface area contributed by atoms with E-state index in [0.29, 0.717) is 5.69 Å². The van der Waals surface area contributed by atoms with Gasteiger partial charge in [-0.3, -0.25) is 4.79 Å². The first-order chi connectivity index (χ1) is 7.66. The second-order valence-corrected chi connectivity index (χ2v) is 3.10. The molecule has 6 heteroatoms. The third kappa shape index (κ3) is 2.00. The monoisotopic (exact) mass is 221 g/mol. The summed E-state index contributed by atoms with van der Waals surface area (Å²) in [5.74, 6) is -0.931. The first-order valence-corrected chi connectivity index (χ1v) is 4.42. The molecule has 0 fully saturated rings. The molecular weight excluding hydrogens is 213 g/mol. The number of nitrogens with two attached hydrogens (primary N) is 1. The molecule has 1 aromatic carbocycles. The topological polar surface area (TPSA) is 81.2 Å². The van der Waals surface area contributed by atoms with Crippen molar-refractivity contribution in [1.82, 2.24) is 5.16 Å². The van der Waals surface area contributed by atoms with Crippen molar-refractivity contribution in [2.45, 2.75) is 0 Å². The van der Waals surface area contributed by atoms with E-state index < -0.39 is 11.7 Å². The van der Waals surface area contributed by atoms with E-state index in [-0.39, 0.29) is 11.3 Å². The maximum Gasteiger partial charge on any atom is 0.257 e. The minimum atomic E-state index is -0.487. The lowest BCUT2D eigenvalue weighted by Crippen LogP contribution is -2.13. The molecule has 0 radical (unpaired) electrons. The van der Waals surface area contributed by atoms with E-state index in [9.17, 15) is 9.18 Å². The van der Waals surface area contributed by atoms with Crippen LogP contribution >= 0.6 is 0 Å². The van der Waals surface area contributed by atoms with Gasteiger partial charge < -0.3 is 15.6 Å². The smallest absolute Gasteiger partial charge is 0.257 e. The lowest BCUT2D eigenvalue weighted by Gasteiger charge is -2.04. The zero-order valence-corrected chi connectivity index (χ0v) is 8.11. The molecule has 0 spiro atoms. The molecule has 3 N–H and O–H groups in total. The molecule has 16 heavy (non-hydrogen) atoms. The van der Waals surface area contributed by atoms with Gasteiger partial charge in [0.05, 0.1) is 11.8 Å². The molecule has 1 amide bonds. The van der Waals surface area contributed by atoms with Crippen LogP contribution in [0.4, 0.5) is 15.8 Å². The quantitative estimate of drug-likeness (QED) is 0.755. The van der Waals surface area contributed by atoms with Gasteiger partial charge in [-0.2, -0.15) is 0 Å². The van der Waals surface area contributed by atoms with Crippen molar-refractivity contribution in [3.63, 3.8) is 0 Å². The number of nitrogen functional groups attached to an aromatic ring is 1. The fourth-order valence-electron chi connectivity index (χ4n) is 1.21. The van der Waals surface area contributed by atoms with Crippen molar-refractivity contribution in [1.29, 1.82) is 0 Å². The summed E-state index contributed by atoms with van der Waals surface area (Å²) < 4.78 is 17.3. The number of rotatable bonds is 2. The standard InChI is InChI=1S/C10H8FN3O2/c11-6-1-2-8(9(12)3-6)10(15)14-7-4-13-16-5-7/h1-5H,12H2,(H,14,15). The van der Waals surface area contributed by atoms with Crippen LogP contribution in [-0.4, -0.2) is 11.1 Å². The highest BCUT2D eigenvalue weighted by molar-refractivity contribution is 6.07. The largest absolute Gasteiger partial charge is 0.398 e. The number of aromatic nitrogens is 1. The number of halogens is 1. The highest BCUT2D eigenvalue weighted by Gasteiger charge is 2.11. The lowest BCUT2D eigenvalue weighted by atomic mass is 10.1. The van der Waals surface area contributed by atoms with E-state index in [0.717, 1.165) is 6.07 Å². The molecule has 1 aromatic heterocycles. The highest BCUT2D eigenvalue weighted by Crippen LogP contribution is 2.15. The Hall–Kier alpha value is -2.37. The van der Waals surface area contributed by atoms with Crippen LogP contribution in [0.15, 0.2) is 35.2 Å². The molecule has 0 unspecified atom stereocenters. The number of anilines is 2. The summed E-state index contributed by atoms with van der Waals surface area (Å²) in [6.45, 7) is 0. The van der Waals surface area contributed by atoms with Gasteiger partial charge in [0.1, 0.15) is 17.8 Å². The number of nitrogens with zero attached hydrogens (tertiary/aromatic N) is 1. The van der Waals surface area contributed by atoms with E-state index in [1.807, 2.05) is 0 Å². The van der Waals surface area contributed by atoms with Crippen LogP contribution in [-0.2, 0) is 0 Å². The maximum absolute atomic E-state index is 12.8. The minimum Gasteiger partial charge on any atom is -0.398 e. The van der Waals surface area contributed by atoms with Gasteiger partial charge in [0.25, 0.3) is 5.91 Å². The maximum atomic E-state index is 12.8. The normalized spacial score (nSPS) is 10.1. The first kappa shape index (κ1) is 10.2. The average Bonchev–Trinajstić information content (AvgIpc) is 2.70. The van der Waals surface area contributed by atoms with Crippen molar-refractivity contribution in [3.8, 4) is 0 Å². The summed E-state index contributed by atoms with van der Waals surface area (Å²) in [5.41, 5.74) is 6.20. The van der Waals surface area contributed by atoms with Crippen molar-refractivity contribution < 1.29 is 13.7 Å². The molecule has 2 rings (SSSR count). The Balaban J connectivity index is 2.21. The van der Waals surface area contributed by atoms with Crippen molar-refractivity contribution >= 4 is 17.3 Å². The Bertz CT molecular complexity index is 511. The predicted octanol–water partition coefficient (Wildman–Crippen LogP) is 1.65. The molecule has 0 saturated heterocycles. The molecule has 0 aliphatic carbocycles. The molecule has 2 aromatic rings. The molecular formula is C10H8FN3O2. The van der Waals surface area contributed by atoms with E-state index in [1.54, 1.807) is 0 Å². The number of hydrogen-bond acceptors (Lipinski definition) is 4. The second kappa shape index (κ2) is 4.01. The summed E-state index contributed by atoms with van der Waals surface area (Å²) in [5, 5.41) is 5.93. The molecule has 5 nitrogen and oxygen atoms in total. The third-order valence-electron chi connectivity index (χ3n) is 1.95. The summed E-state index contributed by atoms with van der Waals surface area (Å²) in [7, 11) is 0. The van der Waals surface area contributed by atoms with Crippen molar-refractivity contribution in [2.24, 2.45) is 0 Å². The zero-order chi connectivity index (χ0) is 11.5. The van der Waals surface area contributed by atoms with E-state index in [1.165, 1.54) is 24.6 Å². The summed E-state index contributed by atoms with van der Waals surface area (Å²) in [6, 6.07) is 3.56. The molecule has 0 saturated carbocycles. The number of amides is 1. The fourth-order valence-corrected chi connectivity index (χ4v) is 1.21. The van der Waals surface area contributed by atoms with Crippen molar-refractivity contribution in [2.75, 3.05) is 11.1 Å².